The first-order chi connectivity index (χ1) is 13.2. The molecule has 0 aliphatic carbocycles. The molecule has 0 bridgehead atoms. The Hall–Kier alpha value is -2.35. The average molecular weight is 415 g/mol. The molecule has 0 N–H and O–H groups in total. The third kappa shape index (κ3) is 4.00. The normalized spacial score (nSPS) is 10.9. The van der Waals surface area contributed by atoms with Crippen LogP contribution in [0.25, 0.3) is 16.3 Å². The maximum atomic E-state index is 6.09. The molecular formula is C19H15ClN4OS2. The Balaban J connectivity index is 1.51. The van der Waals surface area contributed by atoms with Crippen molar-refractivity contribution in [2.45, 2.75) is 10.9 Å². The van der Waals surface area contributed by atoms with Gasteiger partial charge in [-0.25, -0.2) is 4.98 Å². The molecule has 0 spiro atoms. The zero-order valence-electron chi connectivity index (χ0n) is 14.4. The monoisotopic (exact) mass is 414 g/mol. The highest BCUT2D eigenvalue weighted by Gasteiger charge is 2.12. The van der Waals surface area contributed by atoms with Gasteiger partial charge in [-0.3, -0.25) is 4.57 Å². The van der Waals surface area contributed by atoms with E-state index < -0.39 is 0 Å². The van der Waals surface area contributed by atoms with Crippen LogP contribution in [0.5, 0.6) is 5.75 Å². The van der Waals surface area contributed by atoms with Crippen LogP contribution in [0.3, 0.4) is 0 Å². The number of aromatic nitrogens is 4. The van der Waals surface area contributed by atoms with Crippen LogP contribution in [0.2, 0.25) is 5.02 Å². The lowest BCUT2D eigenvalue weighted by Crippen LogP contribution is -1.95. The lowest BCUT2D eigenvalue weighted by Gasteiger charge is -2.06. The second-order valence-electron chi connectivity index (χ2n) is 5.60. The van der Waals surface area contributed by atoms with Crippen molar-refractivity contribution >= 4 is 34.7 Å². The van der Waals surface area contributed by atoms with Crippen LogP contribution in [0.1, 0.15) is 5.69 Å². The number of nitrogens with zero attached hydrogens (tertiary/aromatic N) is 4. The van der Waals surface area contributed by atoms with Gasteiger partial charge in [-0.05, 0) is 30.3 Å². The third-order valence-corrected chi connectivity index (χ3v) is 5.98. The average Bonchev–Trinajstić information content (AvgIpc) is 3.35. The van der Waals surface area contributed by atoms with Gasteiger partial charge in [0.15, 0.2) is 5.16 Å². The highest BCUT2D eigenvalue weighted by Crippen LogP contribution is 2.33. The van der Waals surface area contributed by atoms with Gasteiger partial charge in [0.2, 0.25) is 0 Å². The van der Waals surface area contributed by atoms with E-state index in [9.17, 15) is 0 Å². The molecule has 0 saturated carbocycles. The fourth-order valence-corrected chi connectivity index (χ4v) is 4.54. The summed E-state index contributed by atoms with van der Waals surface area (Å²) in [7, 11) is 1.67. The van der Waals surface area contributed by atoms with Crippen LogP contribution >= 0.6 is 34.7 Å². The summed E-state index contributed by atoms with van der Waals surface area (Å²) in [5.41, 5.74) is 2.93. The molecule has 0 fully saturated rings. The van der Waals surface area contributed by atoms with Crippen molar-refractivity contribution in [1.82, 2.24) is 19.7 Å². The minimum atomic E-state index is 0.679. The van der Waals surface area contributed by atoms with E-state index in [1.807, 2.05) is 53.1 Å². The van der Waals surface area contributed by atoms with Crippen molar-refractivity contribution in [2.24, 2.45) is 0 Å². The first-order valence-electron chi connectivity index (χ1n) is 8.11. The summed E-state index contributed by atoms with van der Waals surface area (Å²) >= 11 is 9.29. The molecule has 2 heterocycles. The van der Waals surface area contributed by atoms with Crippen molar-refractivity contribution < 1.29 is 4.74 Å². The van der Waals surface area contributed by atoms with Crippen molar-refractivity contribution in [2.75, 3.05) is 7.11 Å². The summed E-state index contributed by atoms with van der Waals surface area (Å²) in [5, 5.41) is 12.7. The SMILES string of the molecule is COc1ccccc1-c1nc(CSc2nncn2-c2cccc(Cl)c2)cs1. The molecule has 0 unspecified atom stereocenters. The second-order valence-corrected chi connectivity index (χ2v) is 7.83. The topological polar surface area (TPSA) is 52.8 Å². The summed E-state index contributed by atoms with van der Waals surface area (Å²) in [4.78, 5) is 4.74. The van der Waals surface area contributed by atoms with E-state index >= 15 is 0 Å². The zero-order chi connectivity index (χ0) is 18.6. The van der Waals surface area contributed by atoms with E-state index in [0.717, 1.165) is 32.9 Å². The predicted octanol–water partition coefficient (Wildman–Crippen LogP) is 5.35. The minimum Gasteiger partial charge on any atom is -0.496 e. The van der Waals surface area contributed by atoms with Crippen LogP contribution in [-0.2, 0) is 5.75 Å². The summed E-state index contributed by atoms with van der Waals surface area (Å²) in [5.74, 6) is 1.53. The molecule has 0 atom stereocenters. The van der Waals surface area contributed by atoms with Crippen LogP contribution in [0.15, 0.2) is 65.4 Å². The smallest absolute Gasteiger partial charge is 0.195 e. The van der Waals surface area contributed by atoms with Crippen molar-refractivity contribution in [1.29, 1.82) is 0 Å². The van der Waals surface area contributed by atoms with Crippen molar-refractivity contribution in [3.8, 4) is 22.0 Å². The van der Waals surface area contributed by atoms with Crippen molar-refractivity contribution in [3.63, 3.8) is 0 Å². The van der Waals surface area contributed by atoms with Gasteiger partial charge in [-0.15, -0.1) is 21.5 Å². The third-order valence-electron chi connectivity index (χ3n) is 3.84. The van der Waals surface area contributed by atoms with E-state index in [2.05, 4.69) is 15.6 Å². The lowest BCUT2D eigenvalue weighted by atomic mass is 10.2. The summed E-state index contributed by atoms with van der Waals surface area (Å²) in [6, 6.07) is 15.5. The van der Waals surface area contributed by atoms with Crippen molar-refractivity contribution in [3.05, 3.63) is 71.0 Å². The molecule has 5 nitrogen and oxygen atoms in total. The van der Waals surface area contributed by atoms with Gasteiger partial charge in [0.05, 0.1) is 24.1 Å². The van der Waals surface area contributed by atoms with Gasteiger partial charge in [0, 0.05) is 16.2 Å². The number of thiazole rings is 1. The molecule has 0 aliphatic rings. The molecule has 4 aromatic rings. The fraction of sp³-hybridized carbons (Fsp3) is 0.105. The summed E-state index contributed by atoms with van der Waals surface area (Å²) in [6.45, 7) is 0. The van der Waals surface area contributed by atoms with E-state index in [0.29, 0.717) is 10.8 Å². The zero-order valence-corrected chi connectivity index (χ0v) is 16.8. The lowest BCUT2D eigenvalue weighted by molar-refractivity contribution is 0.416. The number of para-hydroxylation sites is 1. The van der Waals surface area contributed by atoms with Gasteiger partial charge >= 0.3 is 0 Å². The molecule has 2 aromatic heterocycles. The van der Waals surface area contributed by atoms with E-state index in [-0.39, 0.29) is 0 Å². The van der Waals surface area contributed by atoms with Gasteiger partial charge in [0.25, 0.3) is 0 Å². The molecule has 4 rings (SSSR count). The van der Waals surface area contributed by atoms with Crippen LogP contribution < -0.4 is 4.74 Å². The van der Waals surface area contributed by atoms with E-state index in [1.165, 1.54) is 0 Å². The number of hydrogen-bond acceptors (Lipinski definition) is 6. The highest BCUT2D eigenvalue weighted by atomic mass is 35.5. The molecular weight excluding hydrogens is 400 g/mol. The quantitative estimate of drug-likeness (QED) is 0.398. The summed E-state index contributed by atoms with van der Waals surface area (Å²) < 4.78 is 7.35. The molecule has 8 heteroatoms. The maximum Gasteiger partial charge on any atom is 0.195 e. The number of rotatable bonds is 6. The number of benzene rings is 2. The van der Waals surface area contributed by atoms with Gasteiger partial charge in [-0.2, -0.15) is 0 Å². The molecule has 27 heavy (non-hydrogen) atoms. The van der Waals surface area contributed by atoms with Crippen LogP contribution in [0, 0.1) is 0 Å². The van der Waals surface area contributed by atoms with Gasteiger partial charge in [-0.1, -0.05) is 41.6 Å². The fourth-order valence-electron chi connectivity index (χ4n) is 2.58. The Morgan fingerprint density at radius 1 is 1.19 bits per heavy atom. The Labute approximate surface area is 170 Å². The summed E-state index contributed by atoms with van der Waals surface area (Å²) in [6.07, 6.45) is 1.69. The number of methoxy groups -OCH3 is 1. The first kappa shape index (κ1) is 18.0. The van der Waals surface area contributed by atoms with Gasteiger partial charge in [0.1, 0.15) is 17.1 Å². The predicted molar refractivity (Wildman–Crippen MR) is 110 cm³/mol. The van der Waals surface area contributed by atoms with Crippen LogP contribution in [-0.4, -0.2) is 26.9 Å². The standard InChI is InChI=1S/C19H15ClN4OS2/c1-25-17-8-3-2-7-16(17)18-22-14(10-26-18)11-27-19-23-21-12-24(19)15-6-4-5-13(20)9-15/h2-10,12H,11H2,1H3. The largest absolute Gasteiger partial charge is 0.496 e. The second kappa shape index (κ2) is 8.12. The maximum absolute atomic E-state index is 6.09. The molecule has 0 radical (unpaired) electrons. The Morgan fingerprint density at radius 3 is 2.93 bits per heavy atom. The highest BCUT2D eigenvalue weighted by molar-refractivity contribution is 7.98. The Bertz CT molecular complexity index is 1060. The van der Waals surface area contributed by atoms with Crippen LogP contribution in [0.4, 0.5) is 0 Å². The van der Waals surface area contributed by atoms with E-state index in [1.54, 1.807) is 36.5 Å². The number of thioether (sulfide) groups is 1. The molecule has 0 amide bonds. The number of ether oxygens (including phenoxy) is 1. The number of hydrogen-bond donors (Lipinski definition) is 0. The Morgan fingerprint density at radius 2 is 2.07 bits per heavy atom. The first-order valence-corrected chi connectivity index (χ1v) is 10.4. The number of halogens is 1. The van der Waals surface area contributed by atoms with Gasteiger partial charge < -0.3 is 4.74 Å². The molecule has 0 aliphatic heterocycles. The Kier molecular flexibility index (Phi) is 5.42. The molecule has 2 aromatic carbocycles. The molecule has 0 saturated heterocycles. The minimum absolute atomic E-state index is 0.679. The molecule has 136 valence electrons. The van der Waals surface area contributed by atoms with E-state index in [4.69, 9.17) is 21.3 Å².